The second-order valence-electron chi connectivity index (χ2n) is 3.49. The summed E-state index contributed by atoms with van der Waals surface area (Å²) in [5, 5.41) is 2.79. The van der Waals surface area contributed by atoms with Gasteiger partial charge in [0, 0.05) is 13.6 Å². The van der Waals surface area contributed by atoms with Crippen molar-refractivity contribution in [1.82, 2.24) is 15.2 Å². The number of oxazole rings is 1. The van der Waals surface area contributed by atoms with E-state index in [1.54, 1.807) is 18.1 Å². The van der Waals surface area contributed by atoms with Gasteiger partial charge < -0.3 is 14.6 Å². The number of nitrogens with one attached hydrogen (secondary N) is 1. The number of carbonyl (C=O) groups excluding carboxylic acids is 1. The summed E-state index contributed by atoms with van der Waals surface area (Å²) in [6.07, 6.45) is 1.64. The second-order valence-corrected chi connectivity index (χ2v) is 3.49. The Bertz CT molecular complexity index is 335. The van der Waals surface area contributed by atoms with Crippen LogP contribution in [0.15, 0.2) is 10.6 Å². The van der Waals surface area contributed by atoms with Crippen LogP contribution in [0.4, 0.5) is 4.79 Å². The molecule has 5 heteroatoms. The van der Waals surface area contributed by atoms with E-state index in [-0.39, 0.29) is 12.1 Å². The smallest absolute Gasteiger partial charge is 0.317 e. The van der Waals surface area contributed by atoms with Gasteiger partial charge in [-0.25, -0.2) is 9.78 Å². The third-order valence-corrected chi connectivity index (χ3v) is 2.17. The maximum absolute atomic E-state index is 11.5. The average molecular weight is 211 g/mol. The molecule has 1 N–H and O–H groups in total. The summed E-state index contributed by atoms with van der Waals surface area (Å²) in [7, 11) is 1.74. The molecular formula is C10H17N3O2. The van der Waals surface area contributed by atoms with Gasteiger partial charge in [-0.2, -0.15) is 0 Å². The summed E-state index contributed by atoms with van der Waals surface area (Å²) >= 11 is 0. The highest BCUT2D eigenvalue weighted by Crippen LogP contribution is 2.11. The van der Waals surface area contributed by atoms with E-state index in [4.69, 9.17) is 4.42 Å². The lowest BCUT2D eigenvalue weighted by molar-refractivity contribution is 0.205. The topological polar surface area (TPSA) is 58.4 Å². The molecule has 0 radical (unpaired) electrons. The number of rotatable bonds is 3. The minimum absolute atomic E-state index is 0.124. The Kier molecular flexibility index (Phi) is 3.71. The van der Waals surface area contributed by atoms with Crippen molar-refractivity contribution < 1.29 is 9.21 Å². The number of aryl methyl sites for hydroxylation is 1. The number of hydrogen-bond acceptors (Lipinski definition) is 3. The minimum atomic E-state index is -0.208. The summed E-state index contributed by atoms with van der Waals surface area (Å²) in [6.45, 7) is 6.25. The highest BCUT2D eigenvalue weighted by Gasteiger charge is 2.15. The Labute approximate surface area is 89.5 Å². The standard InChI is InChI=1S/C10H17N3O2/c1-5-13(4)10(14)12-8(3)9-11-6-7(2)15-9/h6,8H,5H2,1-4H3,(H,12,14). The van der Waals surface area contributed by atoms with Gasteiger partial charge in [-0.3, -0.25) is 0 Å². The van der Waals surface area contributed by atoms with Crippen LogP contribution in [0, 0.1) is 6.92 Å². The predicted octanol–water partition coefficient (Wildman–Crippen LogP) is 1.71. The first kappa shape index (κ1) is 11.6. The van der Waals surface area contributed by atoms with Gasteiger partial charge in [-0.15, -0.1) is 0 Å². The maximum Gasteiger partial charge on any atom is 0.317 e. The molecule has 1 aromatic heterocycles. The minimum Gasteiger partial charge on any atom is -0.444 e. The fourth-order valence-electron chi connectivity index (χ4n) is 1.07. The fourth-order valence-corrected chi connectivity index (χ4v) is 1.07. The van der Waals surface area contributed by atoms with Crippen LogP contribution in [0.5, 0.6) is 0 Å². The van der Waals surface area contributed by atoms with Crippen LogP contribution in [0.1, 0.15) is 31.5 Å². The van der Waals surface area contributed by atoms with Gasteiger partial charge in [0.2, 0.25) is 5.89 Å². The van der Waals surface area contributed by atoms with Crippen LogP contribution < -0.4 is 5.32 Å². The van der Waals surface area contributed by atoms with E-state index in [0.29, 0.717) is 12.4 Å². The van der Waals surface area contributed by atoms with Crippen LogP contribution >= 0.6 is 0 Å². The van der Waals surface area contributed by atoms with Crippen LogP contribution in [-0.2, 0) is 0 Å². The van der Waals surface area contributed by atoms with Gasteiger partial charge in [0.15, 0.2) is 0 Å². The van der Waals surface area contributed by atoms with E-state index in [1.165, 1.54) is 0 Å². The molecule has 5 nitrogen and oxygen atoms in total. The summed E-state index contributed by atoms with van der Waals surface area (Å²) in [4.78, 5) is 17.2. The van der Waals surface area contributed by atoms with E-state index >= 15 is 0 Å². The van der Waals surface area contributed by atoms with E-state index in [2.05, 4.69) is 10.3 Å². The van der Waals surface area contributed by atoms with Gasteiger partial charge in [0.1, 0.15) is 11.8 Å². The highest BCUT2D eigenvalue weighted by molar-refractivity contribution is 5.74. The molecule has 0 spiro atoms. The summed E-state index contributed by atoms with van der Waals surface area (Å²) in [5.41, 5.74) is 0. The normalized spacial score (nSPS) is 12.3. The lowest BCUT2D eigenvalue weighted by Gasteiger charge is -2.18. The monoisotopic (exact) mass is 211 g/mol. The zero-order chi connectivity index (χ0) is 11.4. The molecule has 0 aliphatic heterocycles. The van der Waals surface area contributed by atoms with E-state index in [1.807, 2.05) is 20.8 Å². The molecule has 2 amide bonds. The van der Waals surface area contributed by atoms with Crippen molar-refractivity contribution in [2.75, 3.05) is 13.6 Å². The Morgan fingerprint density at radius 1 is 1.73 bits per heavy atom. The van der Waals surface area contributed by atoms with Crippen molar-refractivity contribution in [1.29, 1.82) is 0 Å². The van der Waals surface area contributed by atoms with Gasteiger partial charge in [-0.1, -0.05) is 0 Å². The first-order valence-electron chi connectivity index (χ1n) is 4.98. The average Bonchev–Trinajstić information content (AvgIpc) is 2.63. The molecule has 0 saturated heterocycles. The molecule has 1 atom stereocenters. The first-order chi connectivity index (χ1) is 7.04. The largest absolute Gasteiger partial charge is 0.444 e. The van der Waals surface area contributed by atoms with Crippen molar-refractivity contribution in [3.05, 3.63) is 17.8 Å². The Hall–Kier alpha value is -1.52. The molecule has 0 aliphatic rings. The Morgan fingerprint density at radius 3 is 2.87 bits per heavy atom. The lowest BCUT2D eigenvalue weighted by atomic mass is 10.3. The third kappa shape index (κ3) is 2.97. The van der Waals surface area contributed by atoms with Crippen LogP contribution in [0.3, 0.4) is 0 Å². The number of aromatic nitrogens is 1. The molecule has 0 fully saturated rings. The molecule has 1 aromatic rings. The molecule has 84 valence electrons. The van der Waals surface area contributed by atoms with Gasteiger partial charge in [0.25, 0.3) is 0 Å². The van der Waals surface area contributed by atoms with Crippen molar-refractivity contribution in [3.8, 4) is 0 Å². The molecule has 0 saturated carbocycles. The molecule has 0 bridgehead atoms. The van der Waals surface area contributed by atoms with Crippen LogP contribution in [-0.4, -0.2) is 29.5 Å². The van der Waals surface area contributed by atoms with Gasteiger partial charge in [0.05, 0.1) is 6.20 Å². The maximum atomic E-state index is 11.5. The summed E-state index contributed by atoms with van der Waals surface area (Å²) in [6, 6.07) is -0.332. The summed E-state index contributed by atoms with van der Waals surface area (Å²) in [5.74, 6) is 1.28. The number of carbonyl (C=O) groups is 1. The molecule has 0 aromatic carbocycles. The van der Waals surface area contributed by atoms with Gasteiger partial charge >= 0.3 is 6.03 Å². The van der Waals surface area contributed by atoms with Crippen molar-refractivity contribution in [2.24, 2.45) is 0 Å². The van der Waals surface area contributed by atoms with E-state index in [9.17, 15) is 4.79 Å². The van der Waals surface area contributed by atoms with Crippen LogP contribution in [0.2, 0.25) is 0 Å². The molecule has 0 aliphatic carbocycles. The third-order valence-electron chi connectivity index (χ3n) is 2.17. The zero-order valence-corrected chi connectivity index (χ0v) is 9.57. The fraction of sp³-hybridized carbons (Fsp3) is 0.600. The number of amides is 2. The Morgan fingerprint density at radius 2 is 2.40 bits per heavy atom. The van der Waals surface area contributed by atoms with Crippen molar-refractivity contribution in [3.63, 3.8) is 0 Å². The molecule has 1 unspecified atom stereocenters. The number of hydrogen-bond donors (Lipinski definition) is 1. The molecule has 1 rings (SSSR count). The molecule has 1 heterocycles. The van der Waals surface area contributed by atoms with E-state index < -0.39 is 0 Å². The lowest BCUT2D eigenvalue weighted by Crippen LogP contribution is -2.38. The first-order valence-corrected chi connectivity index (χ1v) is 4.98. The van der Waals surface area contributed by atoms with Crippen molar-refractivity contribution >= 4 is 6.03 Å². The Balaban J connectivity index is 2.56. The van der Waals surface area contributed by atoms with Crippen molar-refractivity contribution in [2.45, 2.75) is 26.8 Å². The zero-order valence-electron chi connectivity index (χ0n) is 9.57. The van der Waals surface area contributed by atoms with Crippen LogP contribution in [0.25, 0.3) is 0 Å². The quantitative estimate of drug-likeness (QED) is 0.827. The SMILES string of the molecule is CCN(C)C(=O)NC(C)c1ncc(C)o1. The highest BCUT2D eigenvalue weighted by atomic mass is 16.4. The second kappa shape index (κ2) is 4.82. The van der Waals surface area contributed by atoms with Gasteiger partial charge in [-0.05, 0) is 20.8 Å². The number of urea groups is 1. The number of nitrogens with zero attached hydrogens (tertiary/aromatic N) is 2. The predicted molar refractivity (Wildman–Crippen MR) is 56.5 cm³/mol. The molecular weight excluding hydrogens is 194 g/mol. The summed E-state index contributed by atoms with van der Waals surface area (Å²) < 4.78 is 5.32. The molecule has 15 heavy (non-hydrogen) atoms. The van der Waals surface area contributed by atoms with E-state index in [0.717, 1.165) is 5.76 Å².